The van der Waals surface area contributed by atoms with Gasteiger partial charge < -0.3 is 16.8 Å². The van der Waals surface area contributed by atoms with Crippen LogP contribution in [-0.4, -0.2) is 28.3 Å². The van der Waals surface area contributed by atoms with Crippen LogP contribution in [0.2, 0.25) is 0 Å². The number of carbonyl (C=O) groups is 2. The van der Waals surface area contributed by atoms with E-state index in [9.17, 15) is 9.59 Å². The summed E-state index contributed by atoms with van der Waals surface area (Å²) < 4.78 is 0. The predicted molar refractivity (Wildman–Crippen MR) is 96.0 cm³/mol. The summed E-state index contributed by atoms with van der Waals surface area (Å²) >= 11 is 0. The van der Waals surface area contributed by atoms with E-state index in [1.807, 2.05) is 6.07 Å². The predicted octanol–water partition coefficient (Wildman–Crippen LogP) is 1.52. The summed E-state index contributed by atoms with van der Waals surface area (Å²) in [6, 6.07) is 7.23. The van der Waals surface area contributed by atoms with Crippen molar-refractivity contribution in [3.63, 3.8) is 0 Å². The van der Waals surface area contributed by atoms with Crippen LogP contribution in [0.25, 0.3) is 0 Å². The molecule has 0 saturated carbocycles. The number of nitrogen functional groups attached to an aromatic ring is 1. The molecule has 2 aromatic rings. The third kappa shape index (κ3) is 5.27. The second-order valence-electron chi connectivity index (χ2n) is 7.08. The number of carbonyl (C=O) groups excluding carboxylic acids is 2. The molecule has 0 bridgehead atoms. The lowest BCUT2D eigenvalue weighted by Crippen LogP contribution is -2.32. The van der Waals surface area contributed by atoms with E-state index in [1.165, 1.54) is 6.20 Å². The van der Waals surface area contributed by atoms with Gasteiger partial charge in [0, 0.05) is 18.5 Å². The van der Waals surface area contributed by atoms with Crippen molar-refractivity contribution in [3.8, 4) is 0 Å². The molecule has 1 aromatic heterocycles. The third-order valence-electron chi connectivity index (χ3n) is 3.44. The lowest BCUT2D eigenvalue weighted by atomic mass is 9.97. The highest BCUT2D eigenvalue weighted by Gasteiger charge is 2.14. The summed E-state index contributed by atoms with van der Waals surface area (Å²) in [5.74, 6) is -0.841. The van der Waals surface area contributed by atoms with Crippen LogP contribution in [0, 0.1) is 5.41 Å². The standard InChI is InChI=1S/C18H23N5O2/c1-18(2,3)10-22-17(25)12-6-4-5-11(7-12)8-13-9-21-15(19)14(23-13)16(20)24/h4-7,9H,8,10H2,1-3H3,(H2,19,21)(H2,20,24)(H,22,25). The Labute approximate surface area is 146 Å². The fourth-order valence-corrected chi connectivity index (χ4v) is 2.18. The third-order valence-corrected chi connectivity index (χ3v) is 3.44. The highest BCUT2D eigenvalue weighted by Crippen LogP contribution is 2.14. The monoisotopic (exact) mass is 341 g/mol. The van der Waals surface area contributed by atoms with E-state index >= 15 is 0 Å². The van der Waals surface area contributed by atoms with Crippen molar-refractivity contribution in [1.82, 2.24) is 15.3 Å². The molecule has 0 fully saturated rings. The minimum Gasteiger partial charge on any atom is -0.382 e. The number of aromatic nitrogens is 2. The highest BCUT2D eigenvalue weighted by molar-refractivity contribution is 5.95. The van der Waals surface area contributed by atoms with Crippen LogP contribution in [0.3, 0.4) is 0 Å². The zero-order valence-corrected chi connectivity index (χ0v) is 14.7. The van der Waals surface area contributed by atoms with E-state index in [0.29, 0.717) is 24.2 Å². The Bertz CT molecular complexity index is 796. The van der Waals surface area contributed by atoms with Crippen molar-refractivity contribution in [3.05, 3.63) is 53.0 Å². The highest BCUT2D eigenvalue weighted by atomic mass is 16.2. The summed E-state index contributed by atoms with van der Waals surface area (Å²) in [6.07, 6.45) is 1.90. The van der Waals surface area contributed by atoms with Crippen LogP contribution < -0.4 is 16.8 Å². The second-order valence-corrected chi connectivity index (χ2v) is 7.08. The van der Waals surface area contributed by atoms with Crippen molar-refractivity contribution >= 4 is 17.6 Å². The fraction of sp³-hybridized carbons (Fsp3) is 0.333. The number of benzene rings is 1. The number of nitrogens with zero attached hydrogens (tertiary/aromatic N) is 2. The molecule has 7 heteroatoms. The Balaban J connectivity index is 2.15. The van der Waals surface area contributed by atoms with E-state index in [-0.39, 0.29) is 22.8 Å². The maximum absolute atomic E-state index is 12.3. The van der Waals surface area contributed by atoms with Gasteiger partial charge in [-0.25, -0.2) is 9.97 Å². The summed E-state index contributed by atoms with van der Waals surface area (Å²) in [4.78, 5) is 31.7. The molecule has 2 amide bonds. The molecule has 0 saturated heterocycles. The summed E-state index contributed by atoms with van der Waals surface area (Å²) in [7, 11) is 0. The van der Waals surface area contributed by atoms with Crippen LogP contribution in [0.5, 0.6) is 0 Å². The molecule has 25 heavy (non-hydrogen) atoms. The van der Waals surface area contributed by atoms with Gasteiger partial charge in [0.25, 0.3) is 11.8 Å². The fourth-order valence-electron chi connectivity index (χ4n) is 2.18. The first-order chi connectivity index (χ1) is 11.7. The van der Waals surface area contributed by atoms with Gasteiger partial charge in [-0.3, -0.25) is 9.59 Å². The summed E-state index contributed by atoms with van der Waals surface area (Å²) in [5, 5.41) is 2.92. The van der Waals surface area contributed by atoms with Crippen LogP contribution in [0.4, 0.5) is 5.82 Å². The van der Waals surface area contributed by atoms with Gasteiger partial charge in [-0.15, -0.1) is 0 Å². The SMILES string of the molecule is CC(C)(C)CNC(=O)c1cccc(Cc2cnc(N)c(C(N)=O)n2)c1. The van der Waals surface area contributed by atoms with E-state index in [1.54, 1.807) is 18.2 Å². The Morgan fingerprint density at radius 2 is 1.96 bits per heavy atom. The smallest absolute Gasteiger partial charge is 0.271 e. The van der Waals surface area contributed by atoms with Crippen molar-refractivity contribution in [2.45, 2.75) is 27.2 Å². The van der Waals surface area contributed by atoms with Crippen LogP contribution in [0.15, 0.2) is 30.5 Å². The lowest BCUT2D eigenvalue weighted by Gasteiger charge is -2.18. The molecular weight excluding hydrogens is 318 g/mol. The topological polar surface area (TPSA) is 124 Å². The van der Waals surface area contributed by atoms with Gasteiger partial charge >= 0.3 is 0 Å². The van der Waals surface area contributed by atoms with Gasteiger partial charge in [0.2, 0.25) is 0 Å². The van der Waals surface area contributed by atoms with Gasteiger partial charge in [-0.05, 0) is 23.1 Å². The molecule has 1 heterocycles. The first kappa shape index (κ1) is 18.4. The zero-order valence-electron chi connectivity index (χ0n) is 14.7. The first-order valence-corrected chi connectivity index (χ1v) is 7.94. The number of nitrogens with two attached hydrogens (primary N) is 2. The number of anilines is 1. The molecule has 0 radical (unpaired) electrons. The number of amides is 2. The summed E-state index contributed by atoms with van der Waals surface area (Å²) in [5.41, 5.74) is 12.8. The van der Waals surface area contributed by atoms with Crippen molar-refractivity contribution < 1.29 is 9.59 Å². The molecular formula is C18H23N5O2. The van der Waals surface area contributed by atoms with Crippen molar-refractivity contribution in [2.75, 3.05) is 12.3 Å². The molecule has 0 aliphatic rings. The van der Waals surface area contributed by atoms with Gasteiger partial charge in [-0.2, -0.15) is 0 Å². The van der Waals surface area contributed by atoms with Crippen LogP contribution in [0.1, 0.15) is 52.9 Å². The Morgan fingerprint density at radius 1 is 1.24 bits per heavy atom. The number of hydrogen-bond acceptors (Lipinski definition) is 5. The first-order valence-electron chi connectivity index (χ1n) is 7.94. The van der Waals surface area contributed by atoms with Gasteiger partial charge in [0.1, 0.15) is 0 Å². The summed E-state index contributed by atoms with van der Waals surface area (Å²) in [6.45, 7) is 6.75. The molecule has 1 aromatic carbocycles. The maximum atomic E-state index is 12.3. The molecule has 5 N–H and O–H groups in total. The minimum atomic E-state index is -0.720. The molecule has 2 rings (SSSR count). The molecule has 0 aliphatic heterocycles. The minimum absolute atomic E-state index is 0.00607. The number of rotatable bonds is 5. The average Bonchev–Trinajstić information content (AvgIpc) is 2.53. The quantitative estimate of drug-likeness (QED) is 0.760. The van der Waals surface area contributed by atoms with Crippen molar-refractivity contribution in [2.24, 2.45) is 11.1 Å². The molecule has 0 unspecified atom stereocenters. The van der Waals surface area contributed by atoms with Gasteiger partial charge in [0.15, 0.2) is 11.5 Å². The average molecular weight is 341 g/mol. The normalized spacial score (nSPS) is 11.2. The van der Waals surface area contributed by atoms with Gasteiger partial charge in [-0.1, -0.05) is 32.9 Å². The Kier molecular flexibility index (Phi) is 5.36. The number of primary amides is 1. The van der Waals surface area contributed by atoms with Gasteiger partial charge in [0.05, 0.1) is 11.9 Å². The lowest BCUT2D eigenvalue weighted by molar-refractivity contribution is 0.0938. The Hall–Kier alpha value is -2.96. The number of nitrogens with one attached hydrogen (secondary N) is 1. The van der Waals surface area contributed by atoms with Crippen LogP contribution in [-0.2, 0) is 6.42 Å². The van der Waals surface area contributed by atoms with E-state index < -0.39 is 5.91 Å². The Morgan fingerprint density at radius 3 is 2.60 bits per heavy atom. The van der Waals surface area contributed by atoms with E-state index in [2.05, 4.69) is 36.1 Å². The second kappa shape index (κ2) is 7.29. The molecule has 0 atom stereocenters. The molecule has 0 aliphatic carbocycles. The zero-order chi connectivity index (χ0) is 18.6. The van der Waals surface area contributed by atoms with Crippen LogP contribution >= 0.6 is 0 Å². The van der Waals surface area contributed by atoms with E-state index in [4.69, 9.17) is 11.5 Å². The molecule has 0 spiro atoms. The largest absolute Gasteiger partial charge is 0.382 e. The maximum Gasteiger partial charge on any atom is 0.271 e. The van der Waals surface area contributed by atoms with E-state index in [0.717, 1.165) is 5.56 Å². The molecule has 7 nitrogen and oxygen atoms in total. The molecule has 132 valence electrons. The number of hydrogen-bond donors (Lipinski definition) is 3. The van der Waals surface area contributed by atoms with Crippen molar-refractivity contribution in [1.29, 1.82) is 0 Å².